The minimum Gasteiger partial charge on any atom is -0.472 e. The highest BCUT2D eigenvalue weighted by molar-refractivity contribution is 6.58. The number of pyridine rings is 1. The molecule has 2 rings (SSSR count). The first-order valence-electron chi connectivity index (χ1n) is 4.35. The first-order valence-corrected chi connectivity index (χ1v) is 4.35. The molecular formula is C8H9BFNO3. The van der Waals surface area contributed by atoms with Crippen molar-refractivity contribution in [3.8, 4) is 5.88 Å². The van der Waals surface area contributed by atoms with Crippen LogP contribution in [0.5, 0.6) is 5.88 Å². The van der Waals surface area contributed by atoms with Crippen molar-refractivity contribution in [2.75, 3.05) is 0 Å². The number of aromatic nitrogens is 1. The SMILES string of the molecule is OB(O)c1cnc(OC2CC2)c(F)c1. The number of nitrogens with zero attached hydrogens (tertiary/aromatic N) is 1. The average Bonchev–Trinajstić information content (AvgIpc) is 2.92. The van der Waals surface area contributed by atoms with Gasteiger partial charge in [0.15, 0.2) is 5.82 Å². The molecule has 6 heteroatoms. The maximum absolute atomic E-state index is 13.2. The zero-order valence-corrected chi connectivity index (χ0v) is 7.35. The lowest BCUT2D eigenvalue weighted by Gasteiger charge is -2.05. The van der Waals surface area contributed by atoms with E-state index in [1.807, 2.05) is 0 Å². The van der Waals surface area contributed by atoms with Crippen LogP contribution < -0.4 is 10.2 Å². The highest BCUT2D eigenvalue weighted by Gasteiger charge is 2.26. The summed E-state index contributed by atoms with van der Waals surface area (Å²) in [6, 6.07) is 1.01. The summed E-state index contributed by atoms with van der Waals surface area (Å²) in [6.07, 6.45) is 3.10. The number of rotatable bonds is 3. The van der Waals surface area contributed by atoms with E-state index in [1.54, 1.807) is 0 Å². The van der Waals surface area contributed by atoms with Crippen LogP contribution in [0.3, 0.4) is 0 Å². The highest BCUT2D eigenvalue weighted by Crippen LogP contribution is 2.26. The Kier molecular flexibility index (Phi) is 2.39. The lowest BCUT2D eigenvalue weighted by atomic mass is 9.82. The van der Waals surface area contributed by atoms with Gasteiger partial charge in [0.05, 0.1) is 0 Å². The second-order valence-electron chi connectivity index (χ2n) is 3.25. The van der Waals surface area contributed by atoms with Crippen LogP contribution in [0.2, 0.25) is 0 Å². The Labute approximate surface area is 80.5 Å². The van der Waals surface area contributed by atoms with Gasteiger partial charge in [-0.25, -0.2) is 9.37 Å². The summed E-state index contributed by atoms with van der Waals surface area (Å²) in [6.45, 7) is 0. The topological polar surface area (TPSA) is 62.6 Å². The Balaban J connectivity index is 2.17. The fourth-order valence-corrected chi connectivity index (χ4v) is 1.01. The summed E-state index contributed by atoms with van der Waals surface area (Å²) in [5.41, 5.74) is 0.0191. The van der Waals surface area contributed by atoms with Gasteiger partial charge in [0.2, 0.25) is 0 Å². The van der Waals surface area contributed by atoms with Crippen LogP contribution in [0.25, 0.3) is 0 Å². The summed E-state index contributed by atoms with van der Waals surface area (Å²) < 4.78 is 18.3. The van der Waals surface area contributed by atoms with Gasteiger partial charge >= 0.3 is 7.12 Å². The second-order valence-corrected chi connectivity index (χ2v) is 3.25. The van der Waals surface area contributed by atoms with E-state index in [0.717, 1.165) is 18.9 Å². The molecule has 1 aliphatic rings. The molecule has 0 saturated heterocycles. The molecule has 1 aromatic rings. The zero-order chi connectivity index (χ0) is 10.1. The second kappa shape index (κ2) is 3.55. The summed E-state index contributed by atoms with van der Waals surface area (Å²) in [5.74, 6) is -0.737. The highest BCUT2D eigenvalue weighted by atomic mass is 19.1. The van der Waals surface area contributed by atoms with E-state index in [4.69, 9.17) is 14.8 Å². The van der Waals surface area contributed by atoms with Crippen LogP contribution in [0, 0.1) is 5.82 Å². The molecule has 1 fully saturated rings. The summed E-state index contributed by atoms with van der Waals surface area (Å²) in [4.78, 5) is 3.66. The number of hydrogen-bond acceptors (Lipinski definition) is 4. The molecule has 0 aromatic carbocycles. The Bertz CT molecular complexity index is 343. The van der Waals surface area contributed by atoms with Gasteiger partial charge in [-0.15, -0.1) is 0 Å². The first-order chi connectivity index (χ1) is 6.66. The van der Waals surface area contributed by atoms with Gasteiger partial charge in [0, 0.05) is 11.7 Å². The first kappa shape index (κ1) is 9.42. The number of ether oxygens (including phenoxy) is 1. The van der Waals surface area contributed by atoms with Crippen molar-refractivity contribution in [3.63, 3.8) is 0 Å². The molecule has 1 heterocycles. The van der Waals surface area contributed by atoms with E-state index >= 15 is 0 Å². The molecule has 0 unspecified atom stereocenters. The van der Waals surface area contributed by atoms with Gasteiger partial charge in [-0.2, -0.15) is 0 Å². The third-order valence-corrected chi connectivity index (χ3v) is 1.93. The molecule has 74 valence electrons. The van der Waals surface area contributed by atoms with Crippen molar-refractivity contribution in [2.45, 2.75) is 18.9 Å². The van der Waals surface area contributed by atoms with Gasteiger partial charge in [-0.1, -0.05) is 0 Å². The summed E-state index contributed by atoms with van der Waals surface area (Å²) in [7, 11) is -1.70. The molecule has 0 spiro atoms. The van der Waals surface area contributed by atoms with E-state index in [0.29, 0.717) is 0 Å². The lowest BCUT2D eigenvalue weighted by molar-refractivity contribution is 0.275. The van der Waals surface area contributed by atoms with E-state index in [1.165, 1.54) is 6.20 Å². The van der Waals surface area contributed by atoms with E-state index in [9.17, 15) is 4.39 Å². The van der Waals surface area contributed by atoms with E-state index in [-0.39, 0.29) is 17.4 Å². The molecule has 2 N–H and O–H groups in total. The minimum atomic E-state index is -1.70. The average molecular weight is 197 g/mol. The largest absolute Gasteiger partial charge is 0.490 e. The molecule has 0 atom stereocenters. The van der Waals surface area contributed by atoms with Gasteiger partial charge in [0.1, 0.15) is 6.10 Å². The number of halogens is 1. The maximum atomic E-state index is 13.2. The Morgan fingerprint density at radius 3 is 2.71 bits per heavy atom. The molecule has 0 aliphatic heterocycles. The van der Waals surface area contributed by atoms with Crippen LogP contribution in [0.15, 0.2) is 12.3 Å². The van der Waals surface area contributed by atoms with Crippen LogP contribution >= 0.6 is 0 Å². The third kappa shape index (κ3) is 2.02. The van der Waals surface area contributed by atoms with E-state index < -0.39 is 12.9 Å². The predicted octanol–water partition coefficient (Wildman–Crippen LogP) is -0.558. The van der Waals surface area contributed by atoms with Crippen molar-refractivity contribution in [2.24, 2.45) is 0 Å². The third-order valence-electron chi connectivity index (χ3n) is 1.93. The molecule has 1 saturated carbocycles. The molecule has 14 heavy (non-hydrogen) atoms. The molecular weight excluding hydrogens is 188 g/mol. The van der Waals surface area contributed by atoms with Gasteiger partial charge < -0.3 is 14.8 Å². The predicted molar refractivity (Wildman–Crippen MR) is 47.7 cm³/mol. The smallest absolute Gasteiger partial charge is 0.472 e. The normalized spacial score (nSPS) is 15.4. The molecule has 0 bridgehead atoms. The Morgan fingerprint density at radius 1 is 1.50 bits per heavy atom. The standard InChI is InChI=1S/C8H9BFNO3/c10-7-3-5(9(12)13)4-11-8(7)14-6-1-2-6/h3-4,6,12-13H,1-2H2. The number of hydrogen-bond donors (Lipinski definition) is 2. The molecule has 4 nitrogen and oxygen atoms in total. The van der Waals surface area contributed by atoms with Crippen LogP contribution in [-0.2, 0) is 0 Å². The Morgan fingerprint density at radius 2 is 2.21 bits per heavy atom. The van der Waals surface area contributed by atoms with Gasteiger partial charge in [-0.3, -0.25) is 0 Å². The van der Waals surface area contributed by atoms with Gasteiger partial charge in [0.25, 0.3) is 5.88 Å². The van der Waals surface area contributed by atoms with Crippen molar-refractivity contribution >= 4 is 12.6 Å². The molecule has 0 amide bonds. The van der Waals surface area contributed by atoms with Crippen molar-refractivity contribution in [1.82, 2.24) is 4.98 Å². The van der Waals surface area contributed by atoms with Crippen molar-refractivity contribution < 1.29 is 19.2 Å². The summed E-state index contributed by atoms with van der Waals surface area (Å²) >= 11 is 0. The summed E-state index contributed by atoms with van der Waals surface area (Å²) in [5, 5.41) is 17.5. The van der Waals surface area contributed by atoms with Gasteiger partial charge in [-0.05, 0) is 18.9 Å². The monoisotopic (exact) mass is 197 g/mol. The zero-order valence-electron chi connectivity index (χ0n) is 7.35. The van der Waals surface area contributed by atoms with E-state index in [2.05, 4.69) is 4.98 Å². The van der Waals surface area contributed by atoms with Crippen LogP contribution in [0.4, 0.5) is 4.39 Å². The van der Waals surface area contributed by atoms with Crippen LogP contribution in [0.1, 0.15) is 12.8 Å². The molecule has 1 aromatic heterocycles. The fraction of sp³-hybridized carbons (Fsp3) is 0.375. The van der Waals surface area contributed by atoms with Crippen molar-refractivity contribution in [1.29, 1.82) is 0 Å². The Hall–Kier alpha value is -1.14. The quantitative estimate of drug-likeness (QED) is 0.637. The maximum Gasteiger partial charge on any atom is 0.490 e. The van der Waals surface area contributed by atoms with Crippen LogP contribution in [-0.4, -0.2) is 28.3 Å². The fourth-order valence-electron chi connectivity index (χ4n) is 1.01. The van der Waals surface area contributed by atoms with Crippen molar-refractivity contribution in [3.05, 3.63) is 18.1 Å². The molecule has 0 radical (unpaired) electrons. The minimum absolute atomic E-state index is 0.0191. The molecule has 1 aliphatic carbocycles. The lowest BCUT2D eigenvalue weighted by Crippen LogP contribution is -2.30.